The van der Waals surface area contributed by atoms with Crippen LogP contribution in [0.4, 0.5) is 5.69 Å². The molecule has 3 rings (SSSR count). The molecule has 0 bridgehead atoms. The van der Waals surface area contributed by atoms with Gasteiger partial charge < -0.3 is 10.1 Å². The first-order chi connectivity index (χ1) is 10.4. The molecule has 0 spiro atoms. The van der Waals surface area contributed by atoms with Crippen LogP contribution in [0.15, 0.2) is 18.3 Å². The van der Waals surface area contributed by atoms with E-state index in [1.807, 2.05) is 18.3 Å². The molecule has 0 aromatic carbocycles. The quantitative estimate of drug-likeness (QED) is 0.922. The van der Waals surface area contributed by atoms with Crippen LogP contribution >= 0.6 is 0 Å². The molecule has 4 nitrogen and oxygen atoms in total. The third-order valence-corrected chi connectivity index (χ3v) is 4.74. The standard InChI is InChI=1S/C18H28N4/c1-13-7-5-6-10-21(13)12-15-17(18(2,3)4)20-16-9-8-14(19)11-22(15)16/h8-9,11,13H,5-7,10,12,19H2,1-4H3. The van der Waals surface area contributed by atoms with Gasteiger partial charge in [-0.25, -0.2) is 4.98 Å². The highest BCUT2D eigenvalue weighted by molar-refractivity contribution is 5.51. The Morgan fingerprint density at radius 2 is 2.05 bits per heavy atom. The zero-order valence-electron chi connectivity index (χ0n) is 14.3. The van der Waals surface area contributed by atoms with Gasteiger partial charge in [0.05, 0.1) is 11.4 Å². The molecule has 22 heavy (non-hydrogen) atoms. The highest BCUT2D eigenvalue weighted by atomic mass is 15.2. The van der Waals surface area contributed by atoms with E-state index in [2.05, 4.69) is 37.0 Å². The molecule has 4 heteroatoms. The fourth-order valence-corrected chi connectivity index (χ4v) is 3.45. The van der Waals surface area contributed by atoms with Crippen LogP contribution in [0.2, 0.25) is 0 Å². The number of hydrogen-bond acceptors (Lipinski definition) is 3. The maximum absolute atomic E-state index is 6.01. The van der Waals surface area contributed by atoms with Crippen LogP contribution in [-0.4, -0.2) is 26.9 Å². The molecule has 0 radical (unpaired) electrons. The lowest BCUT2D eigenvalue weighted by atomic mass is 9.90. The van der Waals surface area contributed by atoms with E-state index in [1.165, 1.54) is 37.2 Å². The van der Waals surface area contributed by atoms with Gasteiger partial charge in [0, 0.05) is 29.9 Å². The lowest BCUT2D eigenvalue weighted by molar-refractivity contribution is 0.149. The van der Waals surface area contributed by atoms with E-state index in [1.54, 1.807) is 0 Å². The summed E-state index contributed by atoms with van der Waals surface area (Å²) in [5.74, 6) is 0. The van der Waals surface area contributed by atoms with Gasteiger partial charge in [-0.05, 0) is 38.4 Å². The minimum absolute atomic E-state index is 0.0368. The Balaban J connectivity index is 2.06. The molecule has 1 aliphatic rings. The van der Waals surface area contributed by atoms with Crippen molar-refractivity contribution in [3.8, 4) is 0 Å². The van der Waals surface area contributed by atoms with E-state index in [-0.39, 0.29) is 5.41 Å². The normalized spacial score (nSPS) is 20.6. The highest BCUT2D eigenvalue weighted by Crippen LogP contribution is 2.29. The van der Waals surface area contributed by atoms with Crippen molar-refractivity contribution in [2.75, 3.05) is 12.3 Å². The second-order valence-corrected chi connectivity index (χ2v) is 7.66. The summed E-state index contributed by atoms with van der Waals surface area (Å²) in [5, 5.41) is 0. The summed E-state index contributed by atoms with van der Waals surface area (Å²) >= 11 is 0. The van der Waals surface area contributed by atoms with Crippen molar-refractivity contribution in [3.05, 3.63) is 29.7 Å². The van der Waals surface area contributed by atoms with Gasteiger partial charge >= 0.3 is 0 Å². The van der Waals surface area contributed by atoms with Crippen LogP contribution < -0.4 is 5.73 Å². The van der Waals surface area contributed by atoms with Crippen LogP contribution in [0.25, 0.3) is 5.65 Å². The minimum Gasteiger partial charge on any atom is -0.398 e. The zero-order valence-corrected chi connectivity index (χ0v) is 14.3. The summed E-state index contributed by atoms with van der Waals surface area (Å²) in [7, 11) is 0. The predicted molar refractivity (Wildman–Crippen MR) is 92.0 cm³/mol. The number of nitrogens with two attached hydrogens (primary N) is 1. The number of nitrogen functional groups attached to an aromatic ring is 1. The first-order valence-electron chi connectivity index (χ1n) is 8.37. The van der Waals surface area contributed by atoms with Crippen molar-refractivity contribution in [1.29, 1.82) is 0 Å². The fourth-order valence-electron chi connectivity index (χ4n) is 3.45. The SMILES string of the molecule is CC1CCCCN1Cc1c(C(C)(C)C)nc2ccc(N)cn12. The third kappa shape index (κ3) is 2.84. The van der Waals surface area contributed by atoms with Gasteiger partial charge in [-0.2, -0.15) is 0 Å². The molecule has 1 unspecified atom stereocenters. The van der Waals surface area contributed by atoms with Crippen molar-refractivity contribution in [3.63, 3.8) is 0 Å². The van der Waals surface area contributed by atoms with Crippen molar-refractivity contribution < 1.29 is 0 Å². The summed E-state index contributed by atoms with van der Waals surface area (Å²) in [4.78, 5) is 7.48. The first kappa shape index (κ1) is 15.3. The van der Waals surface area contributed by atoms with Crippen molar-refractivity contribution in [2.45, 2.75) is 65.0 Å². The second kappa shape index (κ2) is 5.58. The Morgan fingerprint density at radius 3 is 2.73 bits per heavy atom. The second-order valence-electron chi connectivity index (χ2n) is 7.66. The van der Waals surface area contributed by atoms with E-state index in [0.29, 0.717) is 6.04 Å². The number of pyridine rings is 1. The van der Waals surface area contributed by atoms with Gasteiger partial charge in [0.2, 0.25) is 0 Å². The molecule has 2 N–H and O–H groups in total. The molecule has 0 amide bonds. The van der Waals surface area contributed by atoms with Gasteiger partial charge in [-0.3, -0.25) is 4.90 Å². The number of nitrogens with zero attached hydrogens (tertiary/aromatic N) is 3. The van der Waals surface area contributed by atoms with Gasteiger partial charge in [-0.1, -0.05) is 27.2 Å². The molecule has 1 atom stereocenters. The molecule has 3 heterocycles. The summed E-state index contributed by atoms with van der Waals surface area (Å²) < 4.78 is 2.19. The Morgan fingerprint density at radius 1 is 1.27 bits per heavy atom. The largest absolute Gasteiger partial charge is 0.398 e. The monoisotopic (exact) mass is 300 g/mol. The summed E-state index contributed by atoms with van der Waals surface area (Å²) in [6.07, 6.45) is 5.96. The van der Waals surface area contributed by atoms with Crippen LogP contribution in [0.3, 0.4) is 0 Å². The zero-order chi connectivity index (χ0) is 15.9. The minimum atomic E-state index is 0.0368. The number of likely N-dealkylation sites (tertiary alicyclic amines) is 1. The molecular weight excluding hydrogens is 272 g/mol. The number of hydrogen-bond donors (Lipinski definition) is 1. The van der Waals surface area contributed by atoms with Gasteiger partial charge in [0.15, 0.2) is 0 Å². The number of aromatic nitrogens is 2. The van der Waals surface area contributed by atoms with E-state index >= 15 is 0 Å². The maximum Gasteiger partial charge on any atom is 0.137 e. The smallest absolute Gasteiger partial charge is 0.137 e. The Hall–Kier alpha value is -1.55. The Bertz CT molecular complexity index is 666. The van der Waals surface area contributed by atoms with Crippen molar-refractivity contribution in [1.82, 2.24) is 14.3 Å². The average molecular weight is 300 g/mol. The lowest BCUT2D eigenvalue weighted by Crippen LogP contribution is -2.37. The van der Waals surface area contributed by atoms with Crippen LogP contribution in [-0.2, 0) is 12.0 Å². The molecule has 0 aliphatic carbocycles. The van der Waals surface area contributed by atoms with Crippen LogP contribution in [0, 0.1) is 0 Å². The summed E-state index contributed by atoms with van der Waals surface area (Å²) in [6, 6.07) is 4.60. The van der Waals surface area contributed by atoms with Crippen LogP contribution in [0.5, 0.6) is 0 Å². The molecule has 1 fully saturated rings. The average Bonchev–Trinajstić information content (AvgIpc) is 2.80. The third-order valence-electron chi connectivity index (χ3n) is 4.74. The number of rotatable bonds is 2. The highest BCUT2D eigenvalue weighted by Gasteiger charge is 2.27. The molecule has 1 saturated heterocycles. The Labute approximate surface area is 133 Å². The van der Waals surface area contributed by atoms with E-state index in [0.717, 1.165) is 17.9 Å². The number of imidazole rings is 1. The number of fused-ring (bicyclic) bond motifs is 1. The number of piperidine rings is 1. The summed E-state index contributed by atoms with van der Waals surface area (Å²) in [5.41, 5.74) is 10.3. The van der Waals surface area contributed by atoms with E-state index < -0.39 is 0 Å². The van der Waals surface area contributed by atoms with Crippen LogP contribution in [0.1, 0.15) is 58.3 Å². The molecule has 1 aliphatic heterocycles. The van der Waals surface area contributed by atoms with Gasteiger partial charge in [-0.15, -0.1) is 0 Å². The van der Waals surface area contributed by atoms with Gasteiger partial charge in [0.25, 0.3) is 0 Å². The molecular formula is C18H28N4. The number of anilines is 1. The maximum atomic E-state index is 6.01. The molecule has 2 aromatic heterocycles. The van der Waals surface area contributed by atoms with Gasteiger partial charge in [0.1, 0.15) is 5.65 Å². The lowest BCUT2D eigenvalue weighted by Gasteiger charge is -2.34. The van der Waals surface area contributed by atoms with E-state index in [4.69, 9.17) is 10.7 Å². The topological polar surface area (TPSA) is 46.6 Å². The molecule has 2 aromatic rings. The molecule has 120 valence electrons. The molecule has 0 saturated carbocycles. The van der Waals surface area contributed by atoms with Crippen molar-refractivity contribution >= 4 is 11.3 Å². The van der Waals surface area contributed by atoms with E-state index in [9.17, 15) is 0 Å². The first-order valence-corrected chi connectivity index (χ1v) is 8.37. The fraction of sp³-hybridized carbons (Fsp3) is 0.611. The Kier molecular flexibility index (Phi) is 3.89. The van der Waals surface area contributed by atoms with Crippen molar-refractivity contribution in [2.24, 2.45) is 0 Å². The summed E-state index contributed by atoms with van der Waals surface area (Å²) in [6.45, 7) is 11.2. The predicted octanol–water partition coefficient (Wildman–Crippen LogP) is 3.59.